The Morgan fingerprint density at radius 2 is 1.96 bits per heavy atom. The summed E-state index contributed by atoms with van der Waals surface area (Å²) in [6.07, 6.45) is 0. The average Bonchev–Trinajstić information content (AvgIpc) is 3.12. The maximum Gasteiger partial charge on any atom is 0.271 e. The molecule has 0 saturated heterocycles. The van der Waals surface area contributed by atoms with E-state index in [1.807, 2.05) is 37.3 Å². The number of hydrogen-bond acceptors (Lipinski definition) is 5. The van der Waals surface area contributed by atoms with Crippen molar-refractivity contribution in [2.45, 2.75) is 13.5 Å². The van der Waals surface area contributed by atoms with Crippen LogP contribution < -0.4 is 15.2 Å². The third-order valence-electron chi connectivity index (χ3n) is 3.59. The number of ether oxygens (including phenoxy) is 2. The predicted octanol–water partition coefficient (Wildman–Crippen LogP) is 3.31. The van der Waals surface area contributed by atoms with Gasteiger partial charge in [-0.15, -0.1) is 0 Å². The lowest BCUT2D eigenvalue weighted by Gasteiger charge is -2.15. The van der Waals surface area contributed by atoms with E-state index in [2.05, 4.69) is 31.3 Å². The van der Waals surface area contributed by atoms with E-state index in [0.29, 0.717) is 40.4 Å². The number of nitrogens with two attached hydrogens (primary N) is 1. The number of primary amides is 1. The first-order chi connectivity index (χ1) is 12.6. The van der Waals surface area contributed by atoms with E-state index in [4.69, 9.17) is 15.2 Å². The Balaban J connectivity index is 1.95. The molecule has 3 N–H and O–H groups in total. The first-order valence-electron chi connectivity index (χ1n) is 7.94. The van der Waals surface area contributed by atoms with Crippen LogP contribution in [0.5, 0.6) is 11.5 Å². The zero-order valence-electron chi connectivity index (χ0n) is 14.0. The van der Waals surface area contributed by atoms with E-state index in [9.17, 15) is 4.79 Å². The molecule has 1 aromatic heterocycles. The van der Waals surface area contributed by atoms with Gasteiger partial charge in [0.1, 0.15) is 12.3 Å². The molecule has 0 unspecified atom stereocenters. The highest BCUT2D eigenvalue weighted by Gasteiger charge is 2.19. The minimum Gasteiger partial charge on any atom is -0.490 e. The summed E-state index contributed by atoms with van der Waals surface area (Å²) in [6.45, 7) is 2.74. The second-order valence-electron chi connectivity index (χ2n) is 5.38. The normalized spacial score (nSPS) is 10.5. The van der Waals surface area contributed by atoms with Crippen LogP contribution in [-0.4, -0.2) is 27.9 Å². The molecule has 1 heterocycles. The van der Waals surface area contributed by atoms with Gasteiger partial charge in [0.15, 0.2) is 17.2 Å². The highest BCUT2D eigenvalue weighted by atomic mass is 79.9. The summed E-state index contributed by atoms with van der Waals surface area (Å²) in [5, 5.41) is 10.2. The lowest BCUT2D eigenvalue weighted by molar-refractivity contribution is 0.0996. The smallest absolute Gasteiger partial charge is 0.271 e. The molecule has 26 heavy (non-hydrogen) atoms. The number of carbonyl (C=O) groups is 1. The summed E-state index contributed by atoms with van der Waals surface area (Å²) in [7, 11) is 0. The van der Waals surface area contributed by atoms with Gasteiger partial charge in [0.2, 0.25) is 0 Å². The summed E-state index contributed by atoms with van der Waals surface area (Å²) in [6, 6.07) is 13.4. The summed E-state index contributed by atoms with van der Waals surface area (Å²) < 4.78 is 12.3. The van der Waals surface area contributed by atoms with Gasteiger partial charge in [0, 0.05) is 5.56 Å². The lowest BCUT2D eigenvalue weighted by Crippen LogP contribution is -2.12. The number of aromatic amines is 1. The van der Waals surface area contributed by atoms with Gasteiger partial charge in [-0.2, -0.15) is 15.4 Å². The lowest BCUT2D eigenvalue weighted by atomic mass is 10.1. The molecule has 7 nitrogen and oxygen atoms in total. The van der Waals surface area contributed by atoms with Crippen molar-refractivity contribution in [2.24, 2.45) is 5.73 Å². The molecule has 0 bridgehead atoms. The van der Waals surface area contributed by atoms with Crippen molar-refractivity contribution in [3.8, 4) is 22.8 Å². The first-order valence-corrected chi connectivity index (χ1v) is 8.73. The maximum absolute atomic E-state index is 11.5. The number of nitrogens with zero attached hydrogens (tertiary/aromatic N) is 2. The Labute approximate surface area is 158 Å². The molecular formula is C18H17BrN4O3. The highest BCUT2D eigenvalue weighted by molar-refractivity contribution is 9.10. The quantitative estimate of drug-likeness (QED) is 0.614. The molecule has 2 aromatic carbocycles. The van der Waals surface area contributed by atoms with Crippen LogP contribution in [0, 0.1) is 0 Å². The molecule has 0 fully saturated rings. The fourth-order valence-electron chi connectivity index (χ4n) is 2.44. The van der Waals surface area contributed by atoms with Crippen LogP contribution in [0.2, 0.25) is 0 Å². The zero-order chi connectivity index (χ0) is 18.5. The van der Waals surface area contributed by atoms with Crippen molar-refractivity contribution < 1.29 is 14.3 Å². The van der Waals surface area contributed by atoms with Crippen LogP contribution in [-0.2, 0) is 6.61 Å². The van der Waals surface area contributed by atoms with E-state index >= 15 is 0 Å². The van der Waals surface area contributed by atoms with Crippen molar-refractivity contribution in [1.82, 2.24) is 15.4 Å². The number of carbonyl (C=O) groups excluding carboxylic acids is 1. The Bertz CT molecular complexity index is 912. The molecule has 0 spiro atoms. The van der Waals surface area contributed by atoms with Gasteiger partial charge in [-0.1, -0.05) is 30.3 Å². The molecule has 0 atom stereocenters. The minimum absolute atomic E-state index is 0.0669. The number of H-pyrrole nitrogens is 1. The van der Waals surface area contributed by atoms with E-state index in [0.717, 1.165) is 5.56 Å². The van der Waals surface area contributed by atoms with Gasteiger partial charge in [-0.3, -0.25) is 4.79 Å². The van der Waals surface area contributed by atoms with E-state index < -0.39 is 5.91 Å². The summed E-state index contributed by atoms with van der Waals surface area (Å²) in [5.74, 6) is 0.446. The minimum atomic E-state index is -0.660. The molecule has 134 valence electrons. The topological polar surface area (TPSA) is 103 Å². The van der Waals surface area contributed by atoms with Gasteiger partial charge in [0.05, 0.1) is 11.1 Å². The number of benzene rings is 2. The van der Waals surface area contributed by atoms with E-state index in [1.54, 1.807) is 12.1 Å². The molecule has 1 amide bonds. The number of aromatic nitrogens is 3. The molecule has 0 aliphatic rings. The van der Waals surface area contributed by atoms with E-state index in [-0.39, 0.29) is 5.69 Å². The van der Waals surface area contributed by atoms with Crippen LogP contribution in [0.15, 0.2) is 46.9 Å². The molecule has 3 aromatic rings. The Morgan fingerprint density at radius 1 is 1.19 bits per heavy atom. The standard InChI is InChI=1S/C18H17BrN4O3/c1-2-25-14-9-12(15-16(18(20)24)22-23-21-15)8-13(19)17(14)26-10-11-6-4-3-5-7-11/h3-9H,2,10H2,1H3,(H2,20,24)(H,21,22,23). The van der Waals surface area contributed by atoms with Crippen LogP contribution in [0.1, 0.15) is 23.0 Å². The van der Waals surface area contributed by atoms with Crippen molar-refractivity contribution >= 4 is 21.8 Å². The molecule has 0 radical (unpaired) electrons. The third-order valence-corrected chi connectivity index (χ3v) is 4.18. The molecular weight excluding hydrogens is 400 g/mol. The van der Waals surface area contributed by atoms with Crippen LogP contribution in [0.25, 0.3) is 11.3 Å². The SMILES string of the molecule is CCOc1cc(-c2n[nH]nc2C(N)=O)cc(Br)c1OCc1ccccc1. The monoisotopic (exact) mass is 416 g/mol. The van der Waals surface area contributed by atoms with E-state index in [1.165, 1.54) is 0 Å². The average molecular weight is 417 g/mol. The molecule has 0 aliphatic carbocycles. The van der Waals surface area contributed by atoms with Crippen LogP contribution in [0.4, 0.5) is 0 Å². The second kappa shape index (κ2) is 8.01. The molecule has 0 saturated carbocycles. The second-order valence-corrected chi connectivity index (χ2v) is 6.23. The third kappa shape index (κ3) is 3.85. The number of nitrogens with one attached hydrogen (secondary N) is 1. The predicted molar refractivity (Wildman–Crippen MR) is 100.0 cm³/mol. The van der Waals surface area contributed by atoms with Gasteiger partial charge in [-0.05, 0) is 40.5 Å². The number of amides is 1. The van der Waals surface area contributed by atoms with Gasteiger partial charge in [-0.25, -0.2) is 0 Å². The van der Waals surface area contributed by atoms with Gasteiger partial charge in [0.25, 0.3) is 5.91 Å². The van der Waals surface area contributed by atoms with Crippen LogP contribution in [0.3, 0.4) is 0 Å². The van der Waals surface area contributed by atoms with Crippen molar-refractivity contribution in [2.75, 3.05) is 6.61 Å². The maximum atomic E-state index is 11.5. The number of hydrogen-bond donors (Lipinski definition) is 2. The largest absolute Gasteiger partial charge is 0.490 e. The van der Waals surface area contributed by atoms with Gasteiger partial charge >= 0.3 is 0 Å². The highest BCUT2D eigenvalue weighted by Crippen LogP contribution is 2.40. The summed E-state index contributed by atoms with van der Waals surface area (Å²) in [5.41, 5.74) is 7.44. The van der Waals surface area contributed by atoms with Crippen molar-refractivity contribution in [3.05, 3.63) is 58.2 Å². The Morgan fingerprint density at radius 3 is 2.65 bits per heavy atom. The molecule has 8 heteroatoms. The fourth-order valence-corrected chi connectivity index (χ4v) is 3.00. The van der Waals surface area contributed by atoms with Crippen molar-refractivity contribution in [1.29, 1.82) is 0 Å². The molecule has 3 rings (SSSR count). The van der Waals surface area contributed by atoms with Crippen molar-refractivity contribution in [3.63, 3.8) is 0 Å². The zero-order valence-corrected chi connectivity index (χ0v) is 15.6. The summed E-state index contributed by atoms with van der Waals surface area (Å²) in [4.78, 5) is 11.5. The Hall–Kier alpha value is -2.87. The Kier molecular flexibility index (Phi) is 5.52. The van der Waals surface area contributed by atoms with Gasteiger partial charge < -0.3 is 15.2 Å². The first kappa shape index (κ1) is 17.9. The summed E-state index contributed by atoms with van der Waals surface area (Å²) >= 11 is 3.51. The number of rotatable bonds is 7. The molecule has 0 aliphatic heterocycles. The fraction of sp³-hybridized carbons (Fsp3) is 0.167. The van der Waals surface area contributed by atoms with Crippen LogP contribution >= 0.6 is 15.9 Å². The number of halogens is 1.